The summed E-state index contributed by atoms with van der Waals surface area (Å²) in [4.78, 5) is 20.0. The SMILES string of the molecule is CCN(Cc1cccs1)C(=O)c1ccc(OCc2cscn2)c(OC)c1. The summed E-state index contributed by atoms with van der Waals surface area (Å²) in [6.45, 7) is 3.60. The lowest BCUT2D eigenvalue weighted by atomic mass is 10.1. The van der Waals surface area contributed by atoms with Crippen LogP contribution in [0.25, 0.3) is 0 Å². The summed E-state index contributed by atoms with van der Waals surface area (Å²) >= 11 is 3.18. The van der Waals surface area contributed by atoms with E-state index < -0.39 is 0 Å². The lowest BCUT2D eigenvalue weighted by molar-refractivity contribution is 0.0753. The van der Waals surface area contributed by atoms with E-state index in [9.17, 15) is 4.79 Å². The molecule has 2 aromatic heterocycles. The number of thiazole rings is 1. The summed E-state index contributed by atoms with van der Waals surface area (Å²) in [5.41, 5.74) is 3.22. The van der Waals surface area contributed by atoms with Crippen molar-refractivity contribution >= 4 is 28.6 Å². The van der Waals surface area contributed by atoms with Gasteiger partial charge in [-0.15, -0.1) is 22.7 Å². The Bertz CT molecular complexity index is 833. The Labute approximate surface area is 160 Å². The molecule has 0 aliphatic carbocycles. The van der Waals surface area contributed by atoms with Crippen molar-refractivity contribution in [3.8, 4) is 11.5 Å². The van der Waals surface area contributed by atoms with Crippen LogP contribution in [0.15, 0.2) is 46.6 Å². The quantitative estimate of drug-likeness (QED) is 0.572. The number of benzene rings is 1. The third kappa shape index (κ3) is 4.42. The average molecular weight is 389 g/mol. The smallest absolute Gasteiger partial charge is 0.254 e. The van der Waals surface area contributed by atoms with E-state index in [0.717, 1.165) is 10.6 Å². The Morgan fingerprint density at radius 3 is 2.81 bits per heavy atom. The molecule has 3 aromatic rings. The van der Waals surface area contributed by atoms with E-state index in [4.69, 9.17) is 9.47 Å². The molecule has 0 saturated heterocycles. The van der Waals surface area contributed by atoms with E-state index in [1.54, 1.807) is 42.2 Å². The van der Waals surface area contributed by atoms with Crippen molar-refractivity contribution in [2.75, 3.05) is 13.7 Å². The first-order valence-electron chi connectivity index (χ1n) is 8.20. The lowest BCUT2D eigenvalue weighted by Crippen LogP contribution is -2.30. The third-order valence-electron chi connectivity index (χ3n) is 3.87. The number of carbonyl (C=O) groups excluding carboxylic acids is 1. The molecule has 0 aliphatic heterocycles. The molecule has 3 rings (SSSR count). The summed E-state index contributed by atoms with van der Waals surface area (Å²) < 4.78 is 11.2. The number of methoxy groups -OCH3 is 1. The van der Waals surface area contributed by atoms with Crippen molar-refractivity contribution in [1.29, 1.82) is 0 Å². The molecular formula is C19H20N2O3S2. The minimum absolute atomic E-state index is 0.0229. The molecule has 0 N–H and O–H groups in total. The number of carbonyl (C=O) groups is 1. The molecule has 5 nitrogen and oxygen atoms in total. The molecule has 7 heteroatoms. The standard InChI is InChI=1S/C19H20N2O3S2/c1-3-21(10-16-5-4-8-26-16)19(22)14-6-7-17(18(9-14)23-2)24-11-15-12-25-13-20-15/h4-9,12-13H,3,10-11H2,1-2H3. The Morgan fingerprint density at radius 2 is 2.15 bits per heavy atom. The van der Waals surface area contributed by atoms with Crippen molar-refractivity contribution in [3.05, 3.63) is 62.7 Å². The van der Waals surface area contributed by atoms with Crippen molar-refractivity contribution in [2.24, 2.45) is 0 Å². The molecule has 0 aliphatic rings. The van der Waals surface area contributed by atoms with Crippen LogP contribution in [0, 0.1) is 0 Å². The maximum atomic E-state index is 12.9. The first-order chi connectivity index (χ1) is 12.7. The lowest BCUT2D eigenvalue weighted by Gasteiger charge is -2.21. The van der Waals surface area contributed by atoms with E-state index in [1.165, 1.54) is 11.3 Å². The van der Waals surface area contributed by atoms with Crippen molar-refractivity contribution in [1.82, 2.24) is 9.88 Å². The highest BCUT2D eigenvalue weighted by Crippen LogP contribution is 2.29. The molecule has 0 saturated carbocycles. The Hall–Kier alpha value is -2.38. The summed E-state index contributed by atoms with van der Waals surface area (Å²) in [5, 5.41) is 3.96. The molecule has 1 aromatic carbocycles. The van der Waals surface area contributed by atoms with Crippen LogP contribution in [0.4, 0.5) is 0 Å². The van der Waals surface area contributed by atoms with Crippen LogP contribution in [0.2, 0.25) is 0 Å². The van der Waals surface area contributed by atoms with Gasteiger partial charge in [-0.3, -0.25) is 4.79 Å². The van der Waals surface area contributed by atoms with Gasteiger partial charge in [-0.2, -0.15) is 0 Å². The minimum Gasteiger partial charge on any atom is -0.493 e. The highest BCUT2D eigenvalue weighted by Gasteiger charge is 2.17. The topological polar surface area (TPSA) is 51.7 Å². The molecule has 136 valence electrons. The number of ether oxygens (including phenoxy) is 2. The normalized spacial score (nSPS) is 10.5. The number of amides is 1. The van der Waals surface area contributed by atoms with Gasteiger partial charge in [0, 0.05) is 22.4 Å². The van der Waals surface area contributed by atoms with Crippen molar-refractivity contribution < 1.29 is 14.3 Å². The van der Waals surface area contributed by atoms with Gasteiger partial charge < -0.3 is 14.4 Å². The Balaban J connectivity index is 1.73. The van der Waals surface area contributed by atoms with Gasteiger partial charge in [0.05, 0.1) is 24.9 Å². The second-order valence-corrected chi connectivity index (χ2v) is 7.28. The fourth-order valence-corrected chi connectivity index (χ4v) is 3.74. The van der Waals surface area contributed by atoms with E-state index in [2.05, 4.69) is 4.98 Å². The van der Waals surface area contributed by atoms with E-state index in [-0.39, 0.29) is 5.91 Å². The van der Waals surface area contributed by atoms with Crippen molar-refractivity contribution in [2.45, 2.75) is 20.1 Å². The fourth-order valence-electron chi connectivity index (χ4n) is 2.48. The van der Waals surface area contributed by atoms with Gasteiger partial charge in [-0.25, -0.2) is 4.98 Å². The molecular weight excluding hydrogens is 368 g/mol. The fraction of sp³-hybridized carbons (Fsp3) is 0.263. The summed E-state index contributed by atoms with van der Waals surface area (Å²) in [7, 11) is 1.57. The van der Waals surface area contributed by atoms with Crippen LogP contribution in [-0.2, 0) is 13.2 Å². The zero-order valence-corrected chi connectivity index (χ0v) is 16.3. The largest absolute Gasteiger partial charge is 0.493 e. The molecule has 0 spiro atoms. The maximum absolute atomic E-state index is 12.9. The number of thiophene rings is 1. The predicted molar refractivity (Wildman–Crippen MR) is 104 cm³/mol. The third-order valence-corrected chi connectivity index (χ3v) is 5.36. The molecule has 0 fully saturated rings. The van der Waals surface area contributed by atoms with Crippen LogP contribution in [0.1, 0.15) is 27.9 Å². The first kappa shape index (κ1) is 18.4. The van der Waals surface area contributed by atoms with E-state index >= 15 is 0 Å². The molecule has 0 radical (unpaired) electrons. The highest BCUT2D eigenvalue weighted by molar-refractivity contribution is 7.09. The number of nitrogens with zero attached hydrogens (tertiary/aromatic N) is 2. The van der Waals surface area contributed by atoms with Gasteiger partial charge in [0.2, 0.25) is 0 Å². The van der Waals surface area contributed by atoms with Crippen LogP contribution < -0.4 is 9.47 Å². The monoisotopic (exact) mass is 388 g/mol. The molecule has 0 bridgehead atoms. The zero-order chi connectivity index (χ0) is 18.4. The highest BCUT2D eigenvalue weighted by atomic mass is 32.1. The summed E-state index contributed by atoms with van der Waals surface area (Å²) in [6, 6.07) is 9.32. The van der Waals surface area contributed by atoms with Crippen LogP contribution in [-0.4, -0.2) is 29.4 Å². The van der Waals surface area contributed by atoms with Gasteiger partial charge in [0.1, 0.15) is 6.61 Å². The van der Waals surface area contributed by atoms with Crippen LogP contribution in [0.5, 0.6) is 11.5 Å². The number of rotatable bonds is 8. The van der Waals surface area contributed by atoms with Crippen LogP contribution in [0.3, 0.4) is 0 Å². The zero-order valence-electron chi connectivity index (χ0n) is 14.7. The number of hydrogen-bond acceptors (Lipinski definition) is 6. The second-order valence-electron chi connectivity index (χ2n) is 5.53. The second kappa shape index (κ2) is 8.82. The summed E-state index contributed by atoms with van der Waals surface area (Å²) in [5.74, 6) is 1.11. The molecule has 0 atom stereocenters. The van der Waals surface area contributed by atoms with E-state index in [0.29, 0.717) is 36.8 Å². The first-order valence-corrected chi connectivity index (χ1v) is 10.0. The van der Waals surface area contributed by atoms with Gasteiger partial charge in [-0.1, -0.05) is 6.07 Å². The molecule has 2 heterocycles. The number of aromatic nitrogens is 1. The van der Waals surface area contributed by atoms with Gasteiger partial charge in [-0.05, 0) is 36.6 Å². The molecule has 1 amide bonds. The van der Waals surface area contributed by atoms with Crippen molar-refractivity contribution in [3.63, 3.8) is 0 Å². The minimum atomic E-state index is -0.0229. The van der Waals surface area contributed by atoms with E-state index in [1.807, 2.05) is 34.7 Å². The van der Waals surface area contributed by atoms with Gasteiger partial charge >= 0.3 is 0 Å². The number of hydrogen-bond donors (Lipinski definition) is 0. The Morgan fingerprint density at radius 1 is 1.27 bits per heavy atom. The molecule has 0 unspecified atom stereocenters. The maximum Gasteiger partial charge on any atom is 0.254 e. The molecule has 26 heavy (non-hydrogen) atoms. The van der Waals surface area contributed by atoms with Gasteiger partial charge in [0.25, 0.3) is 5.91 Å². The average Bonchev–Trinajstić information content (AvgIpc) is 3.37. The summed E-state index contributed by atoms with van der Waals surface area (Å²) in [6.07, 6.45) is 0. The Kier molecular flexibility index (Phi) is 6.25. The van der Waals surface area contributed by atoms with Crippen LogP contribution >= 0.6 is 22.7 Å². The van der Waals surface area contributed by atoms with Gasteiger partial charge in [0.15, 0.2) is 11.5 Å². The predicted octanol–water partition coefficient (Wildman–Crippen LogP) is 4.45.